The third-order valence-corrected chi connectivity index (χ3v) is 3.12. The Bertz CT molecular complexity index is 408. The van der Waals surface area contributed by atoms with Crippen molar-refractivity contribution in [2.45, 2.75) is 51.6 Å². The molecule has 0 saturated carbocycles. The zero-order chi connectivity index (χ0) is 17.7. The Hall–Kier alpha value is -1.62. The van der Waals surface area contributed by atoms with E-state index in [2.05, 4.69) is 18.2 Å². The summed E-state index contributed by atoms with van der Waals surface area (Å²) in [7, 11) is 5.78. The van der Waals surface area contributed by atoms with Gasteiger partial charge in [-0.1, -0.05) is 24.3 Å². The number of carbonyl (C=O) groups excluding carboxylic acids is 2. The average molecular weight is 325 g/mol. The number of allylic oxidation sites excluding steroid dienone is 4. The molecule has 0 aliphatic heterocycles. The lowest BCUT2D eigenvalue weighted by Crippen LogP contribution is -2.45. The van der Waals surface area contributed by atoms with Crippen LogP contribution in [-0.2, 0) is 14.3 Å². The number of nitrogens with zero attached hydrogens (tertiary/aromatic N) is 1. The van der Waals surface area contributed by atoms with E-state index >= 15 is 0 Å². The van der Waals surface area contributed by atoms with E-state index in [1.807, 2.05) is 34.1 Å². The molecule has 0 saturated heterocycles. The summed E-state index contributed by atoms with van der Waals surface area (Å²) in [5, 5.41) is 10.8. The molecule has 5 heteroatoms. The number of unbranched alkanes of at least 4 members (excludes halogenated alkanes) is 2. The van der Waals surface area contributed by atoms with Gasteiger partial charge in [-0.05, 0) is 32.6 Å². The first-order valence-corrected chi connectivity index (χ1v) is 8.20. The maximum absolute atomic E-state index is 11.8. The van der Waals surface area contributed by atoms with Gasteiger partial charge in [0, 0.05) is 18.8 Å². The summed E-state index contributed by atoms with van der Waals surface area (Å²) in [6.07, 6.45) is 11.3. The summed E-state index contributed by atoms with van der Waals surface area (Å²) < 4.78 is 5.82. The number of quaternary nitrogens is 1. The predicted molar refractivity (Wildman–Crippen MR) is 89.4 cm³/mol. The quantitative estimate of drug-likeness (QED) is 0.238. The van der Waals surface area contributed by atoms with Crippen molar-refractivity contribution in [3.63, 3.8) is 0 Å². The smallest absolute Gasteiger partial charge is 0.306 e. The zero-order valence-corrected chi connectivity index (χ0v) is 14.9. The molecule has 0 bridgehead atoms. The molecule has 0 spiro atoms. The number of hydrogen-bond donors (Lipinski definition) is 0. The Balaban J connectivity index is 4.03. The van der Waals surface area contributed by atoms with Crippen LogP contribution in [0.15, 0.2) is 24.3 Å². The maximum atomic E-state index is 11.8. The van der Waals surface area contributed by atoms with Crippen LogP contribution in [0.2, 0.25) is 0 Å². The molecule has 0 aromatic heterocycles. The minimum Gasteiger partial charge on any atom is -0.550 e. The van der Waals surface area contributed by atoms with Crippen molar-refractivity contribution < 1.29 is 23.9 Å². The second-order valence-electron chi connectivity index (χ2n) is 6.68. The Labute approximate surface area is 140 Å². The summed E-state index contributed by atoms with van der Waals surface area (Å²) in [5.74, 6) is -1.52. The molecule has 0 aliphatic carbocycles. The third-order valence-electron chi connectivity index (χ3n) is 3.12. The molecule has 0 N–H and O–H groups in total. The molecule has 5 nitrogen and oxygen atoms in total. The van der Waals surface area contributed by atoms with Crippen molar-refractivity contribution >= 4 is 11.9 Å². The highest BCUT2D eigenvalue weighted by atomic mass is 16.5. The van der Waals surface area contributed by atoms with Crippen LogP contribution in [0.4, 0.5) is 0 Å². The SMILES string of the molecule is C/C=C/C/C=C/CCCCC(=O)OC(CC(=O)[O-])C[N+](C)(C)C. The van der Waals surface area contributed by atoms with Gasteiger partial charge in [-0.3, -0.25) is 4.79 Å². The molecular formula is C18H31NO4. The van der Waals surface area contributed by atoms with Crippen LogP contribution in [0.3, 0.4) is 0 Å². The molecule has 1 atom stereocenters. The number of hydrogen-bond acceptors (Lipinski definition) is 4. The highest BCUT2D eigenvalue weighted by molar-refractivity contribution is 5.70. The van der Waals surface area contributed by atoms with E-state index in [1.54, 1.807) is 0 Å². The van der Waals surface area contributed by atoms with Gasteiger partial charge in [-0.25, -0.2) is 0 Å². The number of likely N-dealkylation sites (N-methyl/N-ethyl adjacent to an activating group) is 1. The van der Waals surface area contributed by atoms with Gasteiger partial charge in [0.05, 0.1) is 21.1 Å². The summed E-state index contributed by atoms with van der Waals surface area (Å²) in [6, 6.07) is 0. The molecule has 23 heavy (non-hydrogen) atoms. The number of carbonyl (C=O) groups is 2. The maximum Gasteiger partial charge on any atom is 0.306 e. The number of carboxylic acid groups (broad SMARTS) is 1. The fourth-order valence-corrected chi connectivity index (χ4v) is 2.15. The van der Waals surface area contributed by atoms with Crippen LogP contribution in [0.5, 0.6) is 0 Å². The summed E-state index contributed by atoms with van der Waals surface area (Å²) in [5.41, 5.74) is 0. The summed E-state index contributed by atoms with van der Waals surface area (Å²) >= 11 is 0. The molecule has 0 fully saturated rings. The van der Waals surface area contributed by atoms with Gasteiger partial charge in [0.25, 0.3) is 0 Å². The Morgan fingerprint density at radius 3 is 2.39 bits per heavy atom. The number of carboxylic acids is 1. The van der Waals surface area contributed by atoms with Crippen molar-refractivity contribution in [3.8, 4) is 0 Å². The Morgan fingerprint density at radius 2 is 1.83 bits per heavy atom. The van der Waals surface area contributed by atoms with Crippen molar-refractivity contribution in [2.24, 2.45) is 0 Å². The molecule has 0 aromatic carbocycles. The van der Waals surface area contributed by atoms with Crippen LogP contribution in [0.1, 0.15) is 45.4 Å². The van der Waals surface area contributed by atoms with Gasteiger partial charge in [0.2, 0.25) is 0 Å². The predicted octanol–water partition coefficient (Wildman–Crippen LogP) is 1.83. The molecule has 0 radical (unpaired) electrons. The van der Waals surface area contributed by atoms with E-state index in [4.69, 9.17) is 4.74 Å². The molecular weight excluding hydrogens is 294 g/mol. The van der Waals surface area contributed by atoms with E-state index in [9.17, 15) is 14.7 Å². The van der Waals surface area contributed by atoms with E-state index in [0.29, 0.717) is 17.4 Å². The standard InChI is InChI=1S/C18H31NO4/c1-5-6-7-8-9-10-11-12-13-18(22)23-16(14-17(20)21)15-19(2,3)4/h5-6,8-9,16H,7,10-15H2,1-4H3/b6-5+,9-8+. The largest absolute Gasteiger partial charge is 0.550 e. The van der Waals surface area contributed by atoms with Crippen LogP contribution in [-0.4, -0.2) is 50.2 Å². The van der Waals surface area contributed by atoms with E-state index in [0.717, 1.165) is 25.7 Å². The number of ether oxygens (including phenoxy) is 1. The second-order valence-corrected chi connectivity index (χ2v) is 6.68. The summed E-state index contributed by atoms with van der Waals surface area (Å²) in [6.45, 7) is 2.44. The Morgan fingerprint density at radius 1 is 1.13 bits per heavy atom. The van der Waals surface area contributed by atoms with Gasteiger partial charge >= 0.3 is 5.97 Å². The third kappa shape index (κ3) is 15.1. The first kappa shape index (κ1) is 21.4. The van der Waals surface area contributed by atoms with Crippen LogP contribution in [0, 0.1) is 0 Å². The number of esters is 1. The first-order valence-electron chi connectivity index (χ1n) is 8.20. The topological polar surface area (TPSA) is 66.4 Å². The van der Waals surface area contributed by atoms with Crippen LogP contribution >= 0.6 is 0 Å². The molecule has 132 valence electrons. The van der Waals surface area contributed by atoms with E-state index in [-0.39, 0.29) is 12.4 Å². The first-order chi connectivity index (χ1) is 10.7. The highest BCUT2D eigenvalue weighted by Crippen LogP contribution is 2.08. The fourth-order valence-electron chi connectivity index (χ4n) is 2.15. The molecule has 0 heterocycles. The zero-order valence-electron chi connectivity index (χ0n) is 14.9. The van der Waals surface area contributed by atoms with Gasteiger partial charge in [-0.15, -0.1) is 0 Å². The van der Waals surface area contributed by atoms with E-state index in [1.165, 1.54) is 0 Å². The van der Waals surface area contributed by atoms with Gasteiger partial charge in [-0.2, -0.15) is 0 Å². The monoisotopic (exact) mass is 325 g/mol. The average Bonchev–Trinajstić information content (AvgIpc) is 2.39. The summed E-state index contributed by atoms with van der Waals surface area (Å²) in [4.78, 5) is 22.6. The van der Waals surface area contributed by atoms with Gasteiger partial charge in [0.15, 0.2) is 6.10 Å². The van der Waals surface area contributed by atoms with Crippen LogP contribution < -0.4 is 5.11 Å². The van der Waals surface area contributed by atoms with Crippen molar-refractivity contribution in [1.82, 2.24) is 0 Å². The lowest BCUT2D eigenvalue weighted by molar-refractivity contribution is -0.873. The Kier molecular flexibility index (Phi) is 11.0. The van der Waals surface area contributed by atoms with Crippen molar-refractivity contribution in [1.29, 1.82) is 0 Å². The lowest BCUT2D eigenvalue weighted by atomic mass is 10.1. The molecule has 0 amide bonds. The van der Waals surface area contributed by atoms with E-state index < -0.39 is 12.1 Å². The van der Waals surface area contributed by atoms with Gasteiger partial charge < -0.3 is 19.1 Å². The molecule has 0 aromatic rings. The molecule has 1 unspecified atom stereocenters. The number of rotatable bonds is 12. The van der Waals surface area contributed by atoms with Crippen molar-refractivity contribution in [3.05, 3.63) is 24.3 Å². The number of aliphatic carboxylic acids is 1. The van der Waals surface area contributed by atoms with Crippen LogP contribution in [0.25, 0.3) is 0 Å². The fraction of sp³-hybridized carbons (Fsp3) is 0.667. The minimum absolute atomic E-state index is 0.255. The van der Waals surface area contributed by atoms with Gasteiger partial charge in [0.1, 0.15) is 6.54 Å². The highest BCUT2D eigenvalue weighted by Gasteiger charge is 2.22. The molecule has 0 aliphatic rings. The molecule has 0 rings (SSSR count). The second kappa shape index (κ2) is 11.9. The van der Waals surface area contributed by atoms with Crippen molar-refractivity contribution in [2.75, 3.05) is 27.7 Å². The lowest BCUT2D eigenvalue weighted by Gasteiger charge is -2.29. The normalized spacial score (nSPS) is 13.6. The minimum atomic E-state index is -1.19.